The van der Waals surface area contributed by atoms with Gasteiger partial charge in [0.15, 0.2) is 11.6 Å². The topological polar surface area (TPSA) is 266 Å². The van der Waals surface area contributed by atoms with Crippen LogP contribution in [-0.2, 0) is 23.9 Å². The highest BCUT2D eigenvalue weighted by Gasteiger charge is 2.26. The number of esters is 1. The van der Waals surface area contributed by atoms with Gasteiger partial charge in [0.1, 0.15) is 12.1 Å². The molecule has 338 valence electrons. The highest BCUT2D eigenvalue weighted by molar-refractivity contribution is 7.59. The molecular weight excluding hydrogens is 942 g/mol. The maximum Gasteiger partial charge on any atom is 0.328 e. The molecule has 0 heterocycles. The summed E-state index contributed by atoms with van der Waals surface area (Å²) in [6.45, 7) is -0.532. The van der Waals surface area contributed by atoms with Crippen LogP contribution in [0.3, 0.4) is 0 Å². The predicted octanol–water partition coefficient (Wildman–Crippen LogP) is 5.39. The van der Waals surface area contributed by atoms with Crippen LogP contribution in [0.25, 0.3) is 0 Å². The summed E-state index contributed by atoms with van der Waals surface area (Å²) in [7, 11) is 1.16. The van der Waals surface area contributed by atoms with Crippen molar-refractivity contribution in [2.24, 2.45) is 0 Å². The van der Waals surface area contributed by atoms with E-state index >= 15 is 0 Å². The van der Waals surface area contributed by atoms with Gasteiger partial charge in [-0.1, -0.05) is 70.7 Å². The van der Waals surface area contributed by atoms with Gasteiger partial charge < -0.3 is 42.6 Å². The molecule has 22 heteroatoms. The van der Waals surface area contributed by atoms with Gasteiger partial charge >= 0.3 is 11.9 Å². The number of halogens is 4. The zero-order valence-electron chi connectivity index (χ0n) is 33.3. The molecule has 0 aliphatic rings. The van der Waals surface area contributed by atoms with Crippen LogP contribution in [0.5, 0.6) is 0 Å². The fourth-order valence-electron chi connectivity index (χ4n) is 5.25. The number of carbonyl (C=O) groups is 8. The minimum atomic E-state index is -1.33. The lowest BCUT2D eigenvalue weighted by Gasteiger charge is -2.17. The lowest BCUT2D eigenvalue weighted by Crippen LogP contribution is -2.42. The lowest BCUT2D eigenvalue weighted by atomic mass is 10.1. The molecule has 4 rings (SSSR count). The number of nitrogen functional groups attached to an aromatic ring is 2. The van der Waals surface area contributed by atoms with Gasteiger partial charge in [-0.3, -0.25) is 28.8 Å². The Bertz CT molecular complexity index is 2270. The molecule has 0 aliphatic carbocycles. The lowest BCUT2D eigenvalue weighted by molar-refractivity contribution is -0.143. The number of rotatable bonds is 18. The highest BCUT2D eigenvalue weighted by atomic mass is 35.5. The number of carboxylic acid groups (broad SMARTS) is 1. The van der Waals surface area contributed by atoms with Crippen molar-refractivity contribution < 1.29 is 48.2 Å². The molecule has 2 atom stereocenters. The normalized spacial score (nSPS) is 11.0. The number of aliphatic carboxylic acids is 1. The molecule has 0 radical (unpaired) electrons. The van der Waals surface area contributed by atoms with Crippen molar-refractivity contribution in [3.05, 3.63) is 127 Å². The average molecular weight is 987 g/mol. The van der Waals surface area contributed by atoms with Gasteiger partial charge in [-0.2, -0.15) is 27.0 Å². The Morgan fingerprint density at radius 3 is 1.27 bits per heavy atom. The molecule has 0 saturated carbocycles. The molecule has 0 fully saturated rings. The van der Waals surface area contributed by atoms with E-state index in [1.165, 1.54) is 36.4 Å². The summed E-state index contributed by atoms with van der Waals surface area (Å²) >= 11 is 23.9. The summed E-state index contributed by atoms with van der Waals surface area (Å²) in [5.74, 6) is -5.15. The second-order valence-electron chi connectivity index (χ2n) is 12.9. The monoisotopic (exact) mass is 984 g/mol. The number of benzene rings is 4. The van der Waals surface area contributed by atoms with Crippen LogP contribution in [-0.4, -0.2) is 84.5 Å². The fraction of sp³-hybridized carbons (Fsp3) is 0.220. The first-order valence-corrected chi connectivity index (χ1v) is 19.5. The Morgan fingerprint density at radius 2 is 0.921 bits per heavy atom. The predicted molar refractivity (Wildman–Crippen MR) is 251 cm³/mol. The molecule has 0 aromatic heterocycles. The number of nitrogens with one attached hydrogen (secondary N) is 4. The van der Waals surface area contributed by atoms with E-state index in [1.54, 1.807) is 48.5 Å². The van der Waals surface area contributed by atoms with E-state index in [-0.39, 0.29) is 103 Å². The Morgan fingerprint density at radius 1 is 0.571 bits per heavy atom. The number of carbonyl (C=O) groups excluding carboxylic acids is 7. The Kier molecular flexibility index (Phi) is 24.3. The number of Topliss-reactive ketones (excluding diaryl/α,β-unsaturated/α-hetero) is 2. The molecule has 9 N–H and O–H groups in total. The van der Waals surface area contributed by atoms with Gasteiger partial charge in [0.25, 0.3) is 23.6 Å². The summed E-state index contributed by atoms with van der Waals surface area (Å²) in [5.41, 5.74) is 12.7. The maximum absolute atomic E-state index is 12.5. The van der Waals surface area contributed by atoms with Crippen molar-refractivity contribution in [3.63, 3.8) is 0 Å². The van der Waals surface area contributed by atoms with Crippen LogP contribution >= 0.6 is 73.4 Å². The summed E-state index contributed by atoms with van der Waals surface area (Å²) in [4.78, 5) is 96.7. The summed E-state index contributed by atoms with van der Waals surface area (Å²) < 4.78 is 4.70. The molecular formula is C41H44Cl4N6O10S2. The number of ether oxygens (including phenoxy) is 1. The largest absolute Gasteiger partial charge is 0.480 e. The van der Waals surface area contributed by atoms with E-state index in [2.05, 4.69) is 21.3 Å². The molecule has 4 amide bonds. The quantitative estimate of drug-likeness (QED) is 0.0489. The first-order chi connectivity index (χ1) is 28.9. The molecule has 0 bridgehead atoms. The number of hydrogen-bond donors (Lipinski definition) is 7. The van der Waals surface area contributed by atoms with Gasteiger partial charge in [-0.15, -0.1) is 0 Å². The Balaban J connectivity index is 0.000000611. The Hall–Kier alpha value is -5.50. The molecule has 4 aromatic carbocycles. The number of amides is 4. The van der Waals surface area contributed by atoms with Crippen LogP contribution in [0.15, 0.2) is 84.9 Å². The molecule has 0 unspecified atom stereocenters. The van der Waals surface area contributed by atoms with Crippen molar-refractivity contribution in [2.45, 2.75) is 37.8 Å². The molecule has 16 nitrogen and oxygen atoms in total. The zero-order valence-corrected chi connectivity index (χ0v) is 38.3. The summed E-state index contributed by atoms with van der Waals surface area (Å²) in [6.07, 6.45) is -0.470. The third kappa shape index (κ3) is 18.0. The van der Waals surface area contributed by atoms with E-state index in [0.29, 0.717) is 22.5 Å². The maximum atomic E-state index is 12.5. The first kappa shape index (κ1) is 55.5. The van der Waals surface area contributed by atoms with Gasteiger partial charge in [-0.05, 0) is 73.5 Å². The number of hydrogen-bond acceptors (Lipinski definition) is 11. The van der Waals surface area contributed by atoms with Crippen LogP contribution in [0.1, 0.15) is 67.1 Å². The number of ketones is 2. The van der Waals surface area contributed by atoms with Crippen molar-refractivity contribution in [3.8, 4) is 0 Å². The minimum absolute atomic E-state index is 0. The van der Waals surface area contributed by atoms with Gasteiger partial charge in [0.2, 0.25) is 0 Å². The van der Waals surface area contributed by atoms with Crippen LogP contribution < -0.4 is 32.7 Å². The van der Waals surface area contributed by atoms with Crippen molar-refractivity contribution in [1.29, 1.82) is 0 Å². The summed E-state index contributed by atoms with van der Waals surface area (Å²) in [6, 6.07) is 19.1. The smallest absolute Gasteiger partial charge is 0.328 e. The van der Waals surface area contributed by atoms with E-state index in [1.807, 2.05) is 0 Å². The first-order valence-electron chi connectivity index (χ1n) is 18.0. The molecule has 0 saturated heterocycles. The molecule has 4 aromatic rings. The third-order valence-electron chi connectivity index (χ3n) is 8.39. The number of carboxylic acids is 1. The van der Waals surface area contributed by atoms with E-state index < -0.39 is 53.4 Å². The fourth-order valence-corrected chi connectivity index (χ4v) is 6.39. The highest BCUT2D eigenvalue weighted by Crippen LogP contribution is 2.25. The third-order valence-corrected chi connectivity index (χ3v) is 9.65. The average Bonchev–Trinajstić information content (AvgIpc) is 3.21. The summed E-state index contributed by atoms with van der Waals surface area (Å²) in [5, 5.41) is 19.5. The minimum Gasteiger partial charge on any atom is -0.480 e. The van der Waals surface area contributed by atoms with E-state index in [0.717, 1.165) is 7.11 Å². The number of anilines is 2. The zero-order chi connectivity index (χ0) is 45.2. The second kappa shape index (κ2) is 27.5. The van der Waals surface area contributed by atoms with Crippen LogP contribution in [0.2, 0.25) is 20.1 Å². The number of nitrogens with two attached hydrogens (primary N) is 2. The standard InChI is InChI=1S/C21H21Cl2N3O5.C20H19Cl2N3O5.2H2S/c1-31-21(30)17(26-20(29)18-15(22)6-3-7-16(18)23)9-8-14(27)11-25-19(28)12-4-2-5-13(24)10-12;21-14-5-2-6-15(22)17(14)19(28)25-16(20(29)30)8-7-13(26)10-24-18(27)11-3-1-4-12(23)9-11;;/h2-7,10,17H,8-9,11,24H2,1H3,(H,25,28)(H,26,29);1-6,9,16H,7-8,10,23H2,(H,24,27)(H,25,28)(H,29,30);2*1H2/t17-;16-;;/m00../s1. The van der Waals surface area contributed by atoms with Crippen LogP contribution in [0, 0.1) is 0 Å². The van der Waals surface area contributed by atoms with Crippen molar-refractivity contribution in [2.75, 3.05) is 31.7 Å². The Labute approximate surface area is 395 Å². The van der Waals surface area contributed by atoms with Gasteiger partial charge in [0.05, 0.1) is 51.4 Å². The number of methoxy groups -OCH3 is 1. The van der Waals surface area contributed by atoms with Crippen LogP contribution in [0.4, 0.5) is 11.4 Å². The van der Waals surface area contributed by atoms with E-state index in [4.69, 9.17) is 62.6 Å². The van der Waals surface area contributed by atoms with Crippen molar-refractivity contribution >= 4 is 132 Å². The van der Waals surface area contributed by atoms with Gasteiger partial charge in [0, 0.05) is 35.3 Å². The molecule has 0 aliphatic heterocycles. The van der Waals surface area contributed by atoms with Gasteiger partial charge in [-0.25, -0.2) is 9.59 Å². The molecule has 0 spiro atoms. The second-order valence-corrected chi connectivity index (χ2v) is 14.5. The SMILES string of the molecule is COC(=O)[C@H](CCC(=O)CNC(=O)c1cccc(N)c1)NC(=O)c1c(Cl)cccc1Cl.Nc1cccc(C(=O)NCC(=O)CC[C@H](NC(=O)c2c(Cl)cccc2Cl)C(=O)O)c1.S.S. The van der Waals surface area contributed by atoms with Crippen molar-refractivity contribution in [1.82, 2.24) is 21.3 Å². The molecule has 63 heavy (non-hydrogen) atoms. The van der Waals surface area contributed by atoms with E-state index in [9.17, 15) is 43.5 Å².